The van der Waals surface area contributed by atoms with Crippen molar-refractivity contribution in [3.63, 3.8) is 0 Å². The molecule has 1 aromatic heterocycles. The van der Waals surface area contributed by atoms with Crippen LogP contribution in [0.1, 0.15) is 44.2 Å². The lowest BCUT2D eigenvalue weighted by molar-refractivity contribution is -0.114. The summed E-state index contributed by atoms with van der Waals surface area (Å²) in [5.74, 6) is 0.701. The average Bonchev–Trinajstić information content (AvgIpc) is 3.30. The number of aromatic nitrogens is 2. The van der Waals surface area contributed by atoms with Crippen LogP contribution in [0.25, 0.3) is 0 Å². The Labute approximate surface area is 148 Å². The van der Waals surface area contributed by atoms with Gasteiger partial charge in [-0.05, 0) is 25.8 Å². The summed E-state index contributed by atoms with van der Waals surface area (Å²) >= 11 is 0. The Morgan fingerprint density at radius 3 is 2.88 bits per heavy atom. The lowest BCUT2D eigenvalue weighted by atomic mass is 10.2. The van der Waals surface area contributed by atoms with Gasteiger partial charge in [-0.3, -0.25) is 4.79 Å². The summed E-state index contributed by atoms with van der Waals surface area (Å²) in [4.78, 5) is 12.3. The van der Waals surface area contributed by atoms with Crippen LogP contribution in [0.2, 0.25) is 0 Å². The van der Waals surface area contributed by atoms with Crippen molar-refractivity contribution in [2.45, 2.75) is 45.3 Å². The highest BCUT2D eigenvalue weighted by Gasteiger charge is 2.20. The zero-order valence-corrected chi connectivity index (χ0v) is 14.7. The minimum Gasteiger partial charge on any atom is -0.377 e. The molecule has 0 saturated heterocycles. The number of para-hydroxylation sites is 1. The lowest BCUT2D eigenvalue weighted by Gasteiger charge is -2.15. The van der Waals surface area contributed by atoms with E-state index in [0.717, 1.165) is 29.9 Å². The van der Waals surface area contributed by atoms with E-state index in [0.29, 0.717) is 19.3 Å². The van der Waals surface area contributed by atoms with Crippen LogP contribution in [0.3, 0.4) is 0 Å². The fraction of sp³-hybridized carbons (Fsp3) is 0.474. The minimum absolute atomic E-state index is 0.0778. The molecular formula is C19H26N4O2. The molecule has 0 radical (unpaired) electrons. The van der Waals surface area contributed by atoms with Crippen molar-refractivity contribution in [2.75, 3.05) is 23.8 Å². The first-order valence-electron chi connectivity index (χ1n) is 9.01. The first-order valence-corrected chi connectivity index (χ1v) is 9.01. The van der Waals surface area contributed by atoms with Crippen molar-refractivity contribution in [1.29, 1.82) is 0 Å². The molecule has 1 aromatic carbocycles. The molecule has 6 heteroatoms. The molecule has 1 heterocycles. The van der Waals surface area contributed by atoms with Gasteiger partial charge in [0.1, 0.15) is 5.82 Å². The third kappa shape index (κ3) is 4.60. The summed E-state index contributed by atoms with van der Waals surface area (Å²) in [5.41, 5.74) is 1.98. The predicted molar refractivity (Wildman–Crippen MR) is 98.6 cm³/mol. The van der Waals surface area contributed by atoms with Crippen molar-refractivity contribution >= 4 is 17.4 Å². The van der Waals surface area contributed by atoms with Crippen LogP contribution in [-0.4, -0.2) is 28.8 Å². The number of hydrogen-bond acceptors (Lipinski definition) is 4. The largest absolute Gasteiger partial charge is 0.377 e. The number of carbonyl (C=O) groups is 1. The number of rotatable bonds is 8. The van der Waals surface area contributed by atoms with E-state index < -0.39 is 0 Å². The smallest absolute Gasteiger partial charge is 0.244 e. The Morgan fingerprint density at radius 2 is 2.08 bits per heavy atom. The van der Waals surface area contributed by atoms with E-state index in [2.05, 4.69) is 15.7 Å². The van der Waals surface area contributed by atoms with Gasteiger partial charge >= 0.3 is 0 Å². The van der Waals surface area contributed by atoms with E-state index in [9.17, 15) is 4.79 Å². The standard InChI is InChI=1S/C19H26N4O2/c1-2-25-14-15-7-3-6-10-17(15)20-13-19(24)22-18-11-12-21-23(18)16-8-4-5-9-16/h3,6-7,10-12,16,20H,2,4-5,8-9,13-14H2,1H3,(H,22,24). The molecule has 0 atom stereocenters. The summed E-state index contributed by atoms with van der Waals surface area (Å²) in [6.45, 7) is 3.38. The Balaban J connectivity index is 1.56. The Hall–Kier alpha value is -2.34. The van der Waals surface area contributed by atoms with Crippen LogP contribution < -0.4 is 10.6 Å². The molecule has 25 heavy (non-hydrogen) atoms. The van der Waals surface area contributed by atoms with Crippen LogP contribution in [-0.2, 0) is 16.1 Å². The van der Waals surface area contributed by atoms with E-state index in [4.69, 9.17) is 4.74 Å². The molecule has 1 aliphatic carbocycles. The summed E-state index contributed by atoms with van der Waals surface area (Å²) in [6.07, 6.45) is 6.48. The number of nitrogens with one attached hydrogen (secondary N) is 2. The van der Waals surface area contributed by atoms with Gasteiger partial charge in [-0.1, -0.05) is 31.0 Å². The minimum atomic E-state index is -0.0778. The van der Waals surface area contributed by atoms with Crippen LogP contribution >= 0.6 is 0 Å². The number of anilines is 2. The van der Waals surface area contributed by atoms with Gasteiger partial charge in [0.15, 0.2) is 0 Å². The van der Waals surface area contributed by atoms with Crippen molar-refractivity contribution < 1.29 is 9.53 Å². The number of nitrogens with zero attached hydrogens (tertiary/aromatic N) is 2. The fourth-order valence-electron chi connectivity index (χ4n) is 3.25. The van der Waals surface area contributed by atoms with Crippen molar-refractivity contribution in [1.82, 2.24) is 9.78 Å². The quantitative estimate of drug-likeness (QED) is 0.769. The number of carbonyl (C=O) groups excluding carboxylic acids is 1. The maximum atomic E-state index is 12.3. The van der Waals surface area contributed by atoms with Gasteiger partial charge in [0.25, 0.3) is 0 Å². The third-order valence-corrected chi connectivity index (χ3v) is 4.53. The van der Waals surface area contributed by atoms with Crippen LogP contribution in [0.5, 0.6) is 0 Å². The Bertz CT molecular complexity index is 692. The van der Waals surface area contributed by atoms with E-state index in [-0.39, 0.29) is 12.5 Å². The highest BCUT2D eigenvalue weighted by Crippen LogP contribution is 2.31. The second-order valence-electron chi connectivity index (χ2n) is 6.30. The van der Waals surface area contributed by atoms with Gasteiger partial charge in [0.2, 0.25) is 5.91 Å². The second kappa shape index (κ2) is 8.67. The lowest BCUT2D eigenvalue weighted by Crippen LogP contribution is -2.24. The maximum Gasteiger partial charge on any atom is 0.244 e. The molecule has 0 unspecified atom stereocenters. The van der Waals surface area contributed by atoms with Gasteiger partial charge in [0.05, 0.1) is 25.4 Å². The number of hydrogen-bond donors (Lipinski definition) is 2. The first kappa shape index (κ1) is 17.5. The summed E-state index contributed by atoms with van der Waals surface area (Å²) in [7, 11) is 0. The molecule has 0 aliphatic heterocycles. The molecule has 1 saturated carbocycles. The molecule has 1 amide bonds. The van der Waals surface area contributed by atoms with Gasteiger partial charge in [-0.15, -0.1) is 0 Å². The van der Waals surface area contributed by atoms with Gasteiger partial charge in [-0.25, -0.2) is 4.68 Å². The molecule has 2 N–H and O–H groups in total. The Kier molecular flexibility index (Phi) is 6.06. The molecule has 2 aromatic rings. The zero-order chi connectivity index (χ0) is 17.5. The van der Waals surface area contributed by atoms with E-state index in [1.54, 1.807) is 6.20 Å². The highest BCUT2D eigenvalue weighted by molar-refractivity contribution is 5.93. The summed E-state index contributed by atoms with van der Waals surface area (Å²) < 4.78 is 7.43. The normalized spacial score (nSPS) is 14.6. The van der Waals surface area contributed by atoms with E-state index in [1.165, 1.54) is 12.8 Å². The number of ether oxygens (including phenoxy) is 1. The topological polar surface area (TPSA) is 68.2 Å². The van der Waals surface area contributed by atoms with Gasteiger partial charge < -0.3 is 15.4 Å². The molecular weight excluding hydrogens is 316 g/mol. The summed E-state index contributed by atoms with van der Waals surface area (Å²) in [6, 6.07) is 10.2. The number of amides is 1. The fourth-order valence-corrected chi connectivity index (χ4v) is 3.25. The monoisotopic (exact) mass is 342 g/mol. The number of benzene rings is 1. The second-order valence-corrected chi connectivity index (χ2v) is 6.30. The first-order chi connectivity index (χ1) is 12.3. The molecule has 134 valence electrons. The van der Waals surface area contributed by atoms with E-state index in [1.807, 2.05) is 41.9 Å². The zero-order valence-electron chi connectivity index (χ0n) is 14.7. The SMILES string of the molecule is CCOCc1ccccc1NCC(=O)Nc1ccnn1C1CCCC1. The molecule has 0 bridgehead atoms. The molecule has 6 nitrogen and oxygen atoms in total. The molecule has 1 fully saturated rings. The summed E-state index contributed by atoms with van der Waals surface area (Å²) in [5, 5.41) is 10.6. The maximum absolute atomic E-state index is 12.3. The van der Waals surface area contributed by atoms with Crippen molar-refractivity contribution in [3.8, 4) is 0 Å². The van der Waals surface area contributed by atoms with Gasteiger partial charge in [-0.2, -0.15) is 5.10 Å². The highest BCUT2D eigenvalue weighted by atomic mass is 16.5. The third-order valence-electron chi connectivity index (χ3n) is 4.53. The predicted octanol–water partition coefficient (Wildman–Crippen LogP) is 3.59. The van der Waals surface area contributed by atoms with Crippen molar-refractivity contribution in [2.24, 2.45) is 0 Å². The van der Waals surface area contributed by atoms with Gasteiger partial charge in [0, 0.05) is 23.9 Å². The van der Waals surface area contributed by atoms with Crippen molar-refractivity contribution in [3.05, 3.63) is 42.1 Å². The van der Waals surface area contributed by atoms with Crippen LogP contribution in [0.15, 0.2) is 36.5 Å². The average molecular weight is 342 g/mol. The molecule has 0 spiro atoms. The molecule has 1 aliphatic rings. The Morgan fingerprint density at radius 1 is 1.28 bits per heavy atom. The van der Waals surface area contributed by atoms with Crippen LogP contribution in [0, 0.1) is 0 Å². The molecule has 3 rings (SSSR count). The van der Waals surface area contributed by atoms with Crippen LogP contribution in [0.4, 0.5) is 11.5 Å². The van der Waals surface area contributed by atoms with E-state index >= 15 is 0 Å².